The van der Waals surface area contributed by atoms with Crippen LogP contribution in [-0.4, -0.2) is 34.4 Å². The number of alkyl halides is 1. The van der Waals surface area contributed by atoms with Gasteiger partial charge in [-0.3, -0.25) is 9.59 Å². The molecule has 2 aliphatic carbocycles. The summed E-state index contributed by atoms with van der Waals surface area (Å²) in [5.41, 5.74) is 0.820. The van der Waals surface area contributed by atoms with Gasteiger partial charge in [0.1, 0.15) is 11.9 Å². The Morgan fingerprint density at radius 2 is 2.31 bits per heavy atom. The minimum absolute atomic E-state index is 0.0649. The zero-order valence-corrected chi connectivity index (χ0v) is 16.4. The molecule has 3 aliphatic rings. The summed E-state index contributed by atoms with van der Waals surface area (Å²) >= 11 is 5.05. The topological polar surface area (TPSA) is 77.5 Å². The van der Waals surface area contributed by atoms with Crippen molar-refractivity contribution in [2.75, 3.05) is 11.9 Å². The molecular weight excluding hydrogens is 420 g/mol. The Balaban J connectivity index is 1.39. The molecule has 26 heavy (non-hydrogen) atoms. The highest BCUT2D eigenvalue weighted by Gasteiger charge is 2.67. The van der Waals surface area contributed by atoms with Crippen molar-refractivity contribution in [2.45, 2.75) is 24.3 Å². The minimum atomic E-state index is -0.346. The number of nitrogens with one attached hydrogen (secondary N) is 1. The van der Waals surface area contributed by atoms with E-state index >= 15 is 0 Å². The molecule has 1 saturated heterocycles. The first-order valence-electron chi connectivity index (χ1n) is 8.75. The lowest BCUT2D eigenvalue weighted by atomic mass is 9.79. The molecule has 1 N–H and O–H groups in total. The smallest absolute Gasteiger partial charge is 0.310 e. The molecule has 136 valence electrons. The van der Waals surface area contributed by atoms with E-state index in [4.69, 9.17) is 9.47 Å². The molecule has 2 saturated carbocycles. The Bertz CT molecular complexity index is 916. The Morgan fingerprint density at radius 3 is 3.12 bits per heavy atom. The van der Waals surface area contributed by atoms with Crippen LogP contribution in [0.4, 0.5) is 5.13 Å². The third-order valence-electron chi connectivity index (χ3n) is 5.73. The fourth-order valence-corrected chi connectivity index (χ4v) is 6.68. The molecule has 2 aromatic rings. The van der Waals surface area contributed by atoms with Gasteiger partial charge >= 0.3 is 5.97 Å². The van der Waals surface area contributed by atoms with Gasteiger partial charge in [0.25, 0.3) is 0 Å². The second-order valence-electron chi connectivity index (χ2n) is 7.03. The molecule has 1 aliphatic heterocycles. The van der Waals surface area contributed by atoms with E-state index in [-0.39, 0.29) is 46.5 Å². The van der Waals surface area contributed by atoms with Gasteiger partial charge in [0, 0.05) is 5.92 Å². The van der Waals surface area contributed by atoms with Crippen molar-refractivity contribution in [3.8, 4) is 5.75 Å². The van der Waals surface area contributed by atoms with E-state index in [1.54, 1.807) is 0 Å². The maximum absolute atomic E-state index is 12.9. The molecule has 2 bridgehead atoms. The molecule has 6 atom stereocenters. The van der Waals surface area contributed by atoms with Gasteiger partial charge in [-0.1, -0.05) is 27.3 Å². The van der Waals surface area contributed by atoms with Gasteiger partial charge in [0.05, 0.1) is 33.5 Å². The van der Waals surface area contributed by atoms with Gasteiger partial charge in [0.15, 0.2) is 5.13 Å². The molecule has 1 amide bonds. The quantitative estimate of drug-likeness (QED) is 0.587. The predicted molar refractivity (Wildman–Crippen MR) is 101 cm³/mol. The highest BCUT2D eigenvalue weighted by molar-refractivity contribution is 9.09. The number of esters is 1. The predicted octanol–water partition coefficient (Wildman–Crippen LogP) is 3.20. The number of amides is 1. The molecule has 0 radical (unpaired) electrons. The summed E-state index contributed by atoms with van der Waals surface area (Å²) in [5.74, 6) is 0.0802. The highest BCUT2D eigenvalue weighted by Crippen LogP contribution is 2.60. The van der Waals surface area contributed by atoms with Crippen LogP contribution in [0.3, 0.4) is 0 Å². The Hall–Kier alpha value is -1.67. The number of ether oxygens (including phenoxy) is 2. The molecule has 0 spiro atoms. The molecule has 2 heterocycles. The lowest BCUT2D eigenvalue weighted by Crippen LogP contribution is -2.40. The van der Waals surface area contributed by atoms with Crippen molar-refractivity contribution < 1.29 is 19.1 Å². The van der Waals surface area contributed by atoms with Crippen LogP contribution < -0.4 is 10.1 Å². The maximum Gasteiger partial charge on any atom is 0.310 e. The Kier molecular flexibility index (Phi) is 3.76. The van der Waals surface area contributed by atoms with Crippen LogP contribution in [-0.2, 0) is 14.3 Å². The van der Waals surface area contributed by atoms with Crippen molar-refractivity contribution in [1.82, 2.24) is 4.98 Å². The number of benzene rings is 1. The third-order valence-corrected chi connectivity index (χ3v) is 7.86. The molecule has 6 nitrogen and oxygen atoms in total. The third kappa shape index (κ3) is 2.31. The van der Waals surface area contributed by atoms with E-state index in [2.05, 4.69) is 26.2 Å². The van der Waals surface area contributed by atoms with E-state index in [1.165, 1.54) is 11.3 Å². The van der Waals surface area contributed by atoms with Gasteiger partial charge in [-0.15, -0.1) is 0 Å². The zero-order valence-electron chi connectivity index (χ0n) is 14.0. The summed E-state index contributed by atoms with van der Waals surface area (Å²) in [6.07, 6.45) is 0.799. The van der Waals surface area contributed by atoms with Crippen LogP contribution >= 0.6 is 27.3 Å². The fraction of sp³-hybridized carbons (Fsp3) is 0.500. The lowest BCUT2D eigenvalue weighted by molar-refractivity contribution is -0.145. The van der Waals surface area contributed by atoms with Gasteiger partial charge in [0.2, 0.25) is 5.91 Å². The van der Waals surface area contributed by atoms with E-state index < -0.39 is 0 Å². The van der Waals surface area contributed by atoms with Crippen LogP contribution in [0.25, 0.3) is 10.2 Å². The van der Waals surface area contributed by atoms with Crippen molar-refractivity contribution in [1.29, 1.82) is 0 Å². The molecular formula is C18H17BrN2O4S. The highest BCUT2D eigenvalue weighted by atomic mass is 79.9. The Labute approximate surface area is 162 Å². The number of rotatable bonds is 4. The minimum Gasteiger partial charge on any atom is -0.494 e. The molecule has 8 heteroatoms. The molecule has 3 fully saturated rings. The van der Waals surface area contributed by atoms with E-state index in [0.717, 1.165) is 22.4 Å². The molecule has 1 aromatic carbocycles. The zero-order chi connectivity index (χ0) is 18.0. The van der Waals surface area contributed by atoms with Gasteiger partial charge in [-0.25, -0.2) is 4.98 Å². The monoisotopic (exact) mass is 436 g/mol. The average molecular weight is 437 g/mol. The van der Waals surface area contributed by atoms with Crippen molar-refractivity contribution in [2.24, 2.45) is 23.7 Å². The number of halogens is 1. The van der Waals surface area contributed by atoms with Gasteiger partial charge in [-0.05, 0) is 37.5 Å². The van der Waals surface area contributed by atoms with Crippen LogP contribution in [0, 0.1) is 23.7 Å². The fourth-order valence-electron chi connectivity index (χ4n) is 4.73. The maximum atomic E-state index is 12.9. The average Bonchev–Trinajstić information content (AvgIpc) is 3.31. The van der Waals surface area contributed by atoms with Gasteiger partial charge < -0.3 is 14.8 Å². The normalized spacial score (nSPS) is 34.3. The number of thiazole rings is 1. The summed E-state index contributed by atoms with van der Waals surface area (Å²) in [6.45, 7) is 2.54. The van der Waals surface area contributed by atoms with Crippen molar-refractivity contribution in [3.05, 3.63) is 18.2 Å². The number of nitrogens with zero attached hydrogens (tertiary/aromatic N) is 1. The lowest BCUT2D eigenvalue weighted by Gasteiger charge is -2.27. The summed E-state index contributed by atoms with van der Waals surface area (Å²) in [6, 6.07) is 5.69. The number of fused-ring (bicyclic) bond motifs is 2. The number of aromatic nitrogens is 1. The summed E-state index contributed by atoms with van der Waals surface area (Å²) < 4.78 is 11.9. The Morgan fingerprint density at radius 1 is 1.46 bits per heavy atom. The first kappa shape index (κ1) is 16.5. The number of carbonyl (C=O) groups excluding carboxylic acids is 2. The van der Waals surface area contributed by atoms with Crippen LogP contribution in [0.5, 0.6) is 5.75 Å². The molecule has 5 rings (SSSR count). The first-order valence-corrected chi connectivity index (χ1v) is 10.5. The standard InChI is InChI=1S/C18H17BrN2O4S/c1-2-24-7-3-4-10-11(5-7)26-18(20-10)21-16(22)12-8-6-9-13(12)17(23)25-15(9)14(8)19/h3-5,8-9,12-15H,2,6H2,1H3,(H,20,21,22)/t8-,9-,12-,13+,14+,15+/m1/s1. The molecule has 0 unspecified atom stereocenters. The van der Waals surface area contributed by atoms with E-state index in [1.807, 2.05) is 25.1 Å². The SMILES string of the molecule is CCOc1ccc2nc(NC(=O)[C@@H]3[C@H]4C[C@H]5[C@H](OC(=O)[C@@H]53)[C@H]4Br)sc2c1. The number of carbonyl (C=O) groups is 2. The van der Waals surface area contributed by atoms with Crippen LogP contribution in [0.1, 0.15) is 13.3 Å². The summed E-state index contributed by atoms with van der Waals surface area (Å²) in [5, 5.41) is 3.48. The van der Waals surface area contributed by atoms with Gasteiger partial charge in [-0.2, -0.15) is 0 Å². The second-order valence-corrected chi connectivity index (χ2v) is 9.12. The van der Waals surface area contributed by atoms with E-state index in [9.17, 15) is 9.59 Å². The number of hydrogen-bond acceptors (Lipinski definition) is 6. The van der Waals surface area contributed by atoms with Crippen LogP contribution in [0.2, 0.25) is 0 Å². The first-order chi connectivity index (χ1) is 12.6. The van der Waals surface area contributed by atoms with Crippen LogP contribution in [0.15, 0.2) is 18.2 Å². The number of hydrogen-bond donors (Lipinski definition) is 1. The summed E-state index contributed by atoms with van der Waals surface area (Å²) in [4.78, 5) is 29.7. The molecule has 1 aromatic heterocycles. The van der Waals surface area contributed by atoms with E-state index in [0.29, 0.717) is 11.7 Å². The van der Waals surface area contributed by atoms with Crippen molar-refractivity contribution >= 4 is 54.5 Å². The number of anilines is 1. The summed E-state index contributed by atoms with van der Waals surface area (Å²) in [7, 11) is 0. The second kappa shape index (κ2) is 5.92. The van der Waals surface area contributed by atoms with Crippen molar-refractivity contribution in [3.63, 3.8) is 0 Å². The largest absolute Gasteiger partial charge is 0.494 e.